The molecule has 0 aliphatic carbocycles. The average molecular weight is 308 g/mol. The fraction of sp³-hybridized carbons (Fsp3) is 0.133. The van der Waals surface area contributed by atoms with Crippen LogP contribution in [-0.2, 0) is 11.5 Å². The van der Waals surface area contributed by atoms with Crippen LogP contribution in [0.3, 0.4) is 0 Å². The third-order valence-electron chi connectivity index (χ3n) is 2.84. The summed E-state index contributed by atoms with van der Waals surface area (Å²) in [6.45, 7) is 0. The predicted molar refractivity (Wildman–Crippen MR) is 84.3 cm³/mol. The second kappa shape index (κ2) is 6.68. The van der Waals surface area contributed by atoms with Gasteiger partial charge in [-0.2, -0.15) is 11.8 Å². The number of benzene rings is 2. The molecule has 0 saturated heterocycles. The Bertz CT molecular complexity index is 614. The van der Waals surface area contributed by atoms with Crippen molar-refractivity contribution in [1.29, 1.82) is 0 Å². The van der Waals surface area contributed by atoms with Gasteiger partial charge in [0.05, 0.1) is 5.56 Å². The van der Waals surface area contributed by atoms with E-state index in [-0.39, 0.29) is 5.56 Å². The quantitative estimate of drug-likeness (QED) is 0.818. The van der Waals surface area contributed by atoms with E-state index in [1.807, 2.05) is 24.3 Å². The van der Waals surface area contributed by atoms with Gasteiger partial charge in [-0.15, -0.1) is 0 Å². The number of halogens is 1. The minimum Gasteiger partial charge on any atom is -0.478 e. The van der Waals surface area contributed by atoms with E-state index in [1.165, 1.54) is 0 Å². The summed E-state index contributed by atoms with van der Waals surface area (Å²) in [7, 11) is 0. The van der Waals surface area contributed by atoms with Crippen LogP contribution in [0.4, 0.5) is 5.69 Å². The molecule has 0 heterocycles. The number of carboxylic acids is 1. The van der Waals surface area contributed by atoms with Gasteiger partial charge in [-0.3, -0.25) is 0 Å². The molecule has 0 unspecified atom stereocenters. The molecule has 2 aromatic carbocycles. The Hall–Kier alpha value is -1.65. The van der Waals surface area contributed by atoms with Crippen molar-refractivity contribution in [2.75, 3.05) is 5.73 Å². The standard InChI is InChI=1S/C15H14ClNO2S/c16-12-6-4-10(5-7-12)8-20-9-11-2-1-3-13(17)14(11)15(18)19/h1-7H,8-9,17H2,(H,18,19). The summed E-state index contributed by atoms with van der Waals surface area (Å²) in [6.07, 6.45) is 0. The summed E-state index contributed by atoms with van der Waals surface area (Å²) in [4.78, 5) is 11.2. The monoisotopic (exact) mass is 307 g/mol. The van der Waals surface area contributed by atoms with Crippen molar-refractivity contribution in [2.24, 2.45) is 0 Å². The van der Waals surface area contributed by atoms with Gasteiger partial charge in [0.1, 0.15) is 0 Å². The molecule has 0 atom stereocenters. The number of anilines is 1. The Labute approximate surface area is 126 Å². The Morgan fingerprint density at radius 3 is 2.50 bits per heavy atom. The lowest BCUT2D eigenvalue weighted by Crippen LogP contribution is -2.06. The maximum Gasteiger partial charge on any atom is 0.338 e. The molecular formula is C15H14ClNO2S. The summed E-state index contributed by atoms with van der Waals surface area (Å²) in [5.41, 5.74) is 8.13. The largest absolute Gasteiger partial charge is 0.478 e. The molecule has 3 N–H and O–H groups in total. The van der Waals surface area contributed by atoms with Crippen molar-refractivity contribution < 1.29 is 9.90 Å². The zero-order valence-electron chi connectivity index (χ0n) is 10.7. The fourth-order valence-electron chi connectivity index (χ4n) is 1.86. The molecule has 2 aromatic rings. The Balaban J connectivity index is 2.02. The van der Waals surface area contributed by atoms with Crippen LogP contribution in [0.1, 0.15) is 21.5 Å². The van der Waals surface area contributed by atoms with Crippen LogP contribution < -0.4 is 5.73 Å². The number of rotatable bonds is 5. The van der Waals surface area contributed by atoms with Gasteiger partial charge in [0.25, 0.3) is 0 Å². The molecule has 5 heteroatoms. The number of carboxylic acid groups (broad SMARTS) is 1. The Morgan fingerprint density at radius 2 is 1.85 bits per heavy atom. The Kier molecular flexibility index (Phi) is 4.93. The molecule has 0 bridgehead atoms. The van der Waals surface area contributed by atoms with Gasteiger partial charge in [-0.1, -0.05) is 35.9 Å². The third-order valence-corrected chi connectivity index (χ3v) is 4.14. The van der Waals surface area contributed by atoms with Crippen molar-refractivity contribution in [3.63, 3.8) is 0 Å². The van der Waals surface area contributed by atoms with Gasteiger partial charge in [-0.25, -0.2) is 4.79 Å². The molecule has 0 aliphatic heterocycles. The lowest BCUT2D eigenvalue weighted by molar-refractivity contribution is 0.0697. The number of nitrogens with two attached hydrogens (primary N) is 1. The molecular weight excluding hydrogens is 294 g/mol. The highest BCUT2D eigenvalue weighted by molar-refractivity contribution is 7.97. The first kappa shape index (κ1) is 14.8. The zero-order chi connectivity index (χ0) is 14.5. The van der Waals surface area contributed by atoms with Crippen molar-refractivity contribution in [2.45, 2.75) is 11.5 Å². The molecule has 0 aromatic heterocycles. The van der Waals surface area contributed by atoms with E-state index in [4.69, 9.17) is 17.3 Å². The van der Waals surface area contributed by atoms with Gasteiger partial charge in [0.2, 0.25) is 0 Å². The van der Waals surface area contributed by atoms with E-state index in [0.29, 0.717) is 16.5 Å². The molecule has 0 radical (unpaired) electrons. The van der Waals surface area contributed by atoms with Crippen LogP contribution in [0.5, 0.6) is 0 Å². The summed E-state index contributed by atoms with van der Waals surface area (Å²) < 4.78 is 0. The maximum absolute atomic E-state index is 11.2. The summed E-state index contributed by atoms with van der Waals surface area (Å²) in [5, 5.41) is 9.90. The first-order valence-electron chi connectivity index (χ1n) is 6.01. The van der Waals surface area contributed by atoms with E-state index in [9.17, 15) is 9.90 Å². The summed E-state index contributed by atoms with van der Waals surface area (Å²) >= 11 is 7.47. The van der Waals surface area contributed by atoms with E-state index in [1.54, 1.807) is 30.0 Å². The van der Waals surface area contributed by atoms with Crippen LogP contribution in [0, 0.1) is 0 Å². The summed E-state index contributed by atoms with van der Waals surface area (Å²) in [6, 6.07) is 12.8. The van der Waals surface area contributed by atoms with Crippen LogP contribution in [0.15, 0.2) is 42.5 Å². The smallest absolute Gasteiger partial charge is 0.338 e. The van der Waals surface area contributed by atoms with Gasteiger partial charge >= 0.3 is 5.97 Å². The van der Waals surface area contributed by atoms with Crippen molar-refractivity contribution >= 4 is 35.0 Å². The van der Waals surface area contributed by atoms with Crippen LogP contribution in [0.2, 0.25) is 5.02 Å². The van der Waals surface area contributed by atoms with E-state index in [2.05, 4.69) is 0 Å². The number of hydrogen-bond acceptors (Lipinski definition) is 3. The zero-order valence-corrected chi connectivity index (χ0v) is 12.2. The normalized spacial score (nSPS) is 10.4. The molecule has 0 spiro atoms. The van der Waals surface area contributed by atoms with Gasteiger partial charge in [0, 0.05) is 22.2 Å². The van der Waals surface area contributed by atoms with Gasteiger partial charge in [-0.05, 0) is 29.3 Å². The first-order chi connectivity index (χ1) is 9.58. The fourth-order valence-corrected chi connectivity index (χ4v) is 2.98. The minimum atomic E-state index is -0.981. The molecule has 0 fully saturated rings. The molecule has 0 amide bonds. The predicted octanol–water partition coefficient (Wildman–Crippen LogP) is 4.05. The van der Waals surface area contributed by atoms with Crippen LogP contribution in [0.25, 0.3) is 0 Å². The highest BCUT2D eigenvalue weighted by Gasteiger charge is 2.13. The molecule has 3 nitrogen and oxygen atoms in total. The van der Waals surface area contributed by atoms with E-state index in [0.717, 1.165) is 16.9 Å². The topological polar surface area (TPSA) is 63.3 Å². The lowest BCUT2D eigenvalue weighted by Gasteiger charge is -2.08. The molecule has 0 aliphatic rings. The second-order valence-corrected chi connectivity index (χ2v) is 5.73. The second-order valence-electron chi connectivity index (χ2n) is 4.31. The number of carbonyl (C=O) groups is 1. The summed E-state index contributed by atoms with van der Waals surface area (Å²) in [5.74, 6) is 0.422. The van der Waals surface area contributed by atoms with Crippen LogP contribution in [-0.4, -0.2) is 11.1 Å². The van der Waals surface area contributed by atoms with Crippen molar-refractivity contribution in [3.05, 3.63) is 64.2 Å². The number of aromatic carboxylic acids is 1. The Morgan fingerprint density at radius 1 is 1.15 bits per heavy atom. The van der Waals surface area contributed by atoms with Crippen molar-refractivity contribution in [3.8, 4) is 0 Å². The van der Waals surface area contributed by atoms with Gasteiger partial charge < -0.3 is 10.8 Å². The molecule has 104 valence electrons. The highest BCUT2D eigenvalue weighted by atomic mass is 35.5. The SMILES string of the molecule is Nc1cccc(CSCc2ccc(Cl)cc2)c1C(=O)O. The number of thioether (sulfide) groups is 1. The maximum atomic E-state index is 11.2. The molecule has 2 rings (SSSR count). The van der Waals surface area contributed by atoms with E-state index >= 15 is 0 Å². The molecule has 20 heavy (non-hydrogen) atoms. The third kappa shape index (κ3) is 3.68. The van der Waals surface area contributed by atoms with Crippen LogP contribution >= 0.6 is 23.4 Å². The number of hydrogen-bond donors (Lipinski definition) is 2. The average Bonchev–Trinajstić information content (AvgIpc) is 2.40. The molecule has 0 saturated carbocycles. The minimum absolute atomic E-state index is 0.205. The highest BCUT2D eigenvalue weighted by Crippen LogP contribution is 2.24. The van der Waals surface area contributed by atoms with Crippen molar-refractivity contribution in [1.82, 2.24) is 0 Å². The van der Waals surface area contributed by atoms with E-state index < -0.39 is 5.97 Å². The van der Waals surface area contributed by atoms with Gasteiger partial charge in [0.15, 0.2) is 0 Å². The lowest BCUT2D eigenvalue weighted by atomic mass is 10.1. The first-order valence-corrected chi connectivity index (χ1v) is 7.54. The number of nitrogen functional groups attached to an aromatic ring is 1.